The van der Waals surface area contributed by atoms with Gasteiger partial charge in [0.15, 0.2) is 0 Å². The van der Waals surface area contributed by atoms with Crippen molar-refractivity contribution < 1.29 is 8.42 Å². The van der Waals surface area contributed by atoms with Crippen molar-refractivity contribution >= 4 is 21.6 Å². The van der Waals surface area contributed by atoms with Gasteiger partial charge < -0.3 is 0 Å². The Kier molecular flexibility index (Phi) is 5.22. The highest BCUT2D eigenvalue weighted by Gasteiger charge is 2.30. The minimum atomic E-state index is -3.48. The van der Waals surface area contributed by atoms with Crippen LogP contribution in [0.1, 0.15) is 13.3 Å². The number of nitrogens with zero attached hydrogens (tertiary/aromatic N) is 3. The maximum Gasteiger partial charge on any atom is 0.243 e. The summed E-state index contributed by atoms with van der Waals surface area (Å²) in [6, 6.07) is 8.32. The van der Waals surface area contributed by atoms with Gasteiger partial charge in [0.25, 0.3) is 0 Å². The van der Waals surface area contributed by atoms with Crippen molar-refractivity contribution in [3.05, 3.63) is 29.3 Å². The fourth-order valence-electron chi connectivity index (χ4n) is 2.44. The number of sulfonamides is 1. The summed E-state index contributed by atoms with van der Waals surface area (Å²) in [6.07, 6.45) is 0.750. The van der Waals surface area contributed by atoms with Crippen LogP contribution in [-0.4, -0.2) is 49.8 Å². The topological polar surface area (TPSA) is 64.4 Å². The fourth-order valence-corrected chi connectivity index (χ4v) is 3.99. The molecule has 2 rings (SSSR count). The summed E-state index contributed by atoms with van der Waals surface area (Å²) in [4.78, 5) is 2.29. The normalized spacial score (nSPS) is 19.1. The largest absolute Gasteiger partial charge is 0.285 e. The van der Waals surface area contributed by atoms with Gasteiger partial charge >= 0.3 is 0 Å². The molecule has 1 saturated heterocycles. The minimum absolute atomic E-state index is 0.134. The molecule has 1 aromatic rings. The van der Waals surface area contributed by atoms with Gasteiger partial charge in [-0.1, -0.05) is 18.5 Å². The first-order valence-electron chi connectivity index (χ1n) is 6.88. The molecule has 1 aromatic carbocycles. The second-order valence-corrected chi connectivity index (χ2v) is 7.32. The molecule has 0 aliphatic carbocycles. The first-order chi connectivity index (χ1) is 9.98. The maximum atomic E-state index is 12.5. The fraction of sp³-hybridized carbons (Fsp3) is 0.500. The van der Waals surface area contributed by atoms with E-state index in [4.69, 9.17) is 16.9 Å². The average molecular weight is 328 g/mol. The smallest absolute Gasteiger partial charge is 0.243 e. The lowest BCUT2D eigenvalue weighted by Crippen LogP contribution is -2.51. The summed E-state index contributed by atoms with van der Waals surface area (Å²) in [7, 11) is -3.48. The summed E-state index contributed by atoms with van der Waals surface area (Å²) >= 11 is 5.79. The molecule has 1 unspecified atom stereocenters. The van der Waals surface area contributed by atoms with Gasteiger partial charge in [-0.15, -0.1) is 0 Å². The molecule has 5 nitrogen and oxygen atoms in total. The van der Waals surface area contributed by atoms with E-state index in [0.29, 0.717) is 31.2 Å². The van der Waals surface area contributed by atoms with Gasteiger partial charge in [0.05, 0.1) is 17.0 Å². The number of benzene rings is 1. The van der Waals surface area contributed by atoms with Gasteiger partial charge in [-0.25, -0.2) is 8.42 Å². The third-order valence-electron chi connectivity index (χ3n) is 3.70. The number of halogens is 1. The Labute approximate surface area is 130 Å². The van der Waals surface area contributed by atoms with Crippen LogP contribution in [0, 0.1) is 11.3 Å². The molecule has 0 saturated carbocycles. The molecule has 0 radical (unpaired) electrons. The number of nitriles is 1. The van der Waals surface area contributed by atoms with E-state index in [0.717, 1.165) is 6.42 Å². The molecule has 1 atom stereocenters. The maximum absolute atomic E-state index is 12.5. The van der Waals surface area contributed by atoms with E-state index in [-0.39, 0.29) is 10.9 Å². The lowest BCUT2D eigenvalue weighted by molar-refractivity contribution is 0.159. The van der Waals surface area contributed by atoms with E-state index < -0.39 is 10.0 Å². The number of piperazine rings is 1. The first-order valence-corrected chi connectivity index (χ1v) is 8.70. The molecule has 21 heavy (non-hydrogen) atoms. The number of rotatable bonds is 4. The minimum Gasteiger partial charge on any atom is -0.285 e. The molecule has 114 valence electrons. The van der Waals surface area contributed by atoms with Crippen LogP contribution in [0.3, 0.4) is 0 Å². The summed E-state index contributed by atoms with van der Waals surface area (Å²) in [5.41, 5.74) is 0. The standard InChI is InChI=1S/C14H18ClN3O2S/c1-2-13(11-16)17-7-9-18(10-8-17)21(19,20)14-5-3-12(15)4-6-14/h3-6,13H,2,7-10H2,1H3. The van der Waals surface area contributed by atoms with Gasteiger partial charge in [0, 0.05) is 31.2 Å². The molecule has 0 amide bonds. The Bertz CT molecular complexity index is 617. The first kappa shape index (κ1) is 16.2. The van der Waals surface area contributed by atoms with Gasteiger partial charge in [-0.05, 0) is 30.7 Å². The summed E-state index contributed by atoms with van der Waals surface area (Å²) < 4.78 is 26.5. The lowest BCUT2D eigenvalue weighted by atomic mass is 10.2. The molecule has 0 N–H and O–H groups in total. The van der Waals surface area contributed by atoms with Crippen molar-refractivity contribution in [2.24, 2.45) is 0 Å². The van der Waals surface area contributed by atoms with Crippen LogP contribution in [0.15, 0.2) is 29.2 Å². The Balaban J connectivity index is 2.08. The van der Waals surface area contributed by atoms with Crippen molar-refractivity contribution in [1.29, 1.82) is 5.26 Å². The summed E-state index contributed by atoms with van der Waals surface area (Å²) in [5.74, 6) is 0. The number of hydrogen-bond donors (Lipinski definition) is 0. The van der Waals surface area contributed by atoms with Crippen LogP contribution in [0.25, 0.3) is 0 Å². The highest BCUT2D eigenvalue weighted by molar-refractivity contribution is 7.89. The van der Waals surface area contributed by atoms with Crippen molar-refractivity contribution in [1.82, 2.24) is 9.21 Å². The zero-order valence-electron chi connectivity index (χ0n) is 11.9. The zero-order valence-corrected chi connectivity index (χ0v) is 13.4. The van der Waals surface area contributed by atoms with Crippen LogP contribution in [-0.2, 0) is 10.0 Å². The summed E-state index contributed by atoms with van der Waals surface area (Å²) in [5, 5.41) is 9.58. The molecule has 1 aliphatic rings. The SMILES string of the molecule is CCC(C#N)N1CCN(S(=O)(=O)c2ccc(Cl)cc2)CC1. The van der Waals surface area contributed by atoms with Crippen molar-refractivity contribution in [2.45, 2.75) is 24.3 Å². The Morgan fingerprint density at radius 2 is 1.81 bits per heavy atom. The van der Waals surface area contributed by atoms with E-state index in [2.05, 4.69) is 6.07 Å². The lowest BCUT2D eigenvalue weighted by Gasteiger charge is -2.35. The van der Waals surface area contributed by atoms with Crippen molar-refractivity contribution in [3.8, 4) is 6.07 Å². The molecular formula is C14H18ClN3O2S. The van der Waals surface area contributed by atoms with E-state index in [1.165, 1.54) is 16.4 Å². The van der Waals surface area contributed by atoms with Gasteiger partial charge in [-0.2, -0.15) is 9.57 Å². The Morgan fingerprint density at radius 1 is 1.24 bits per heavy atom. The van der Waals surface area contributed by atoms with Crippen molar-refractivity contribution in [2.75, 3.05) is 26.2 Å². The zero-order chi connectivity index (χ0) is 15.5. The second-order valence-electron chi connectivity index (χ2n) is 4.95. The monoisotopic (exact) mass is 327 g/mol. The third kappa shape index (κ3) is 3.55. The Morgan fingerprint density at radius 3 is 2.29 bits per heavy atom. The van der Waals surface area contributed by atoms with E-state index in [9.17, 15) is 8.42 Å². The highest BCUT2D eigenvalue weighted by atomic mass is 35.5. The van der Waals surface area contributed by atoms with E-state index in [1.807, 2.05) is 11.8 Å². The van der Waals surface area contributed by atoms with Crippen LogP contribution in [0.5, 0.6) is 0 Å². The predicted octanol–water partition coefficient (Wildman–Crippen LogP) is 1.95. The molecule has 0 spiro atoms. The van der Waals surface area contributed by atoms with Crippen LogP contribution in [0.2, 0.25) is 5.02 Å². The molecule has 0 aromatic heterocycles. The molecule has 7 heteroatoms. The van der Waals surface area contributed by atoms with Crippen LogP contribution >= 0.6 is 11.6 Å². The quantitative estimate of drug-likeness (QED) is 0.848. The van der Waals surface area contributed by atoms with Crippen LogP contribution in [0.4, 0.5) is 0 Å². The molecule has 1 aliphatic heterocycles. The van der Waals surface area contributed by atoms with Crippen molar-refractivity contribution in [3.63, 3.8) is 0 Å². The summed E-state index contributed by atoms with van der Waals surface area (Å²) in [6.45, 7) is 3.94. The second kappa shape index (κ2) is 6.75. The molecule has 1 heterocycles. The molecule has 1 fully saturated rings. The van der Waals surface area contributed by atoms with Gasteiger partial charge in [0.2, 0.25) is 10.0 Å². The van der Waals surface area contributed by atoms with E-state index in [1.54, 1.807) is 12.1 Å². The van der Waals surface area contributed by atoms with E-state index >= 15 is 0 Å². The average Bonchev–Trinajstić information content (AvgIpc) is 2.49. The highest BCUT2D eigenvalue weighted by Crippen LogP contribution is 2.20. The van der Waals surface area contributed by atoms with Gasteiger partial charge in [0.1, 0.15) is 0 Å². The van der Waals surface area contributed by atoms with Gasteiger partial charge in [-0.3, -0.25) is 4.90 Å². The molecular weight excluding hydrogens is 310 g/mol. The van der Waals surface area contributed by atoms with Crippen LogP contribution < -0.4 is 0 Å². The Hall–Kier alpha value is -1.13. The predicted molar refractivity (Wildman–Crippen MR) is 81.5 cm³/mol. The number of hydrogen-bond acceptors (Lipinski definition) is 4. The molecule has 0 bridgehead atoms. The third-order valence-corrected chi connectivity index (χ3v) is 5.87.